The van der Waals surface area contributed by atoms with Gasteiger partial charge in [0.1, 0.15) is 5.82 Å². The average Bonchev–Trinajstić information content (AvgIpc) is 2.49. The summed E-state index contributed by atoms with van der Waals surface area (Å²) in [6, 6.07) is 0. The first-order valence-corrected chi connectivity index (χ1v) is 5.07. The lowest BCUT2D eigenvalue weighted by Crippen LogP contribution is -2.12. The van der Waals surface area contributed by atoms with Crippen LogP contribution in [0.25, 0.3) is 0 Å². The number of imidazole rings is 1. The Kier molecular flexibility index (Phi) is 2.36. The van der Waals surface area contributed by atoms with Crippen molar-refractivity contribution in [2.24, 2.45) is 5.73 Å². The Hall–Kier alpha value is -0.830. The first-order valence-electron chi connectivity index (χ1n) is 5.07. The van der Waals surface area contributed by atoms with Crippen LogP contribution in [0.1, 0.15) is 37.2 Å². The van der Waals surface area contributed by atoms with Crippen molar-refractivity contribution in [3.05, 3.63) is 17.7 Å². The summed E-state index contributed by atoms with van der Waals surface area (Å²) in [5, 5.41) is 0. The van der Waals surface area contributed by atoms with Crippen LogP contribution in [-0.2, 0) is 13.0 Å². The SMILES string of the molecule is CC1CCCn2cc(CCN)nc21. The normalized spacial score (nSPS) is 21.5. The molecule has 0 bridgehead atoms. The van der Waals surface area contributed by atoms with Crippen LogP contribution in [0.3, 0.4) is 0 Å². The van der Waals surface area contributed by atoms with Crippen LogP contribution in [0, 0.1) is 0 Å². The van der Waals surface area contributed by atoms with Crippen molar-refractivity contribution in [3.63, 3.8) is 0 Å². The molecule has 0 radical (unpaired) electrons. The Bertz CT molecular complexity index is 290. The fourth-order valence-electron chi connectivity index (χ4n) is 2.02. The smallest absolute Gasteiger partial charge is 0.111 e. The summed E-state index contributed by atoms with van der Waals surface area (Å²) >= 11 is 0. The molecule has 0 fully saturated rings. The molecule has 0 saturated heterocycles. The van der Waals surface area contributed by atoms with Gasteiger partial charge in [0, 0.05) is 25.1 Å². The van der Waals surface area contributed by atoms with E-state index in [-0.39, 0.29) is 0 Å². The standard InChI is InChI=1S/C10H17N3/c1-8-3-2-6-13-7-9(4-5-11)12-10(8)13/h7-8H,2-6,11H2,1H3. The molecule has 0 saturated carbocycles. The van der Waals surface area contributed by atoms with Crippen molar-refractivity contribution >= 4 is 0 Å². The minimum Gasteiger partial charge on any atom is -0.334 e. The van der Waals surface area contributed by atoms with Gasteiger partial charge in [0.2, 0.25) is 0 Å². The molecule has 1 atom stereocenters. The molecule has 0 aliphatic carbocycles. The molecule has 72 valence electrons. The predicted octanol–water partition coefficient (Wildman–Crippen LogP) is 1.28. The quantitative estimate of drug-likeness (QED) is 0.743. The lowest BCUT2D eigenvalue weighted by molar-refractivity contribution is 0.463. The van der Waals surface area contributed by atoms with Gasteiger partial charge in [-0.15, -0.1) is 0 Å². The van der Waals surface area contributed by atoms with Crippen molar-refractivity contribution in [1.82, 2.24) is 9.55 Å². The fraction of sp³-hybridized carbons (Fsp3) is 0.700. The molecule has 13 heavy (non-hydrogen) atoms. The first-order chi connectivity index (χ1) is 6.31. The van der Waals surface area contributed by atoms with E-state index in [0.29, 0.717) is 12.5 Å². The van der Waals surface area contributed by atoms with Crippen LogP contribution in [0.4, 0.5) is 0 Å². The second-order valence-corrected chi connectivity index (χ2v) is 3.87. The van der Waals surface area contributed by atoms with E-state index in [0.717, 1.165) is 18.7 Å². The molecule has 3 heteroatoms. The lowest BCUT2D eigenvalue weighted by Gasteiger charge is -2.19. The van der Waals surface area contributed by atoms with Crippen LogP contribution >= 0.6 is 0 Å². The van der Waals surface area contributed by atoms with Crippen molar-refractivity contribution in [3.8, 4) is 0 Å². The van der Waals surface area contributed by atoms with E-state index in [1.54, 1.807) is 0 Å². The van der Waals surface area contributed by atoms with E-state index in [1.807, 2.05) is 0 Å². The number of aromatic nitrogens is 2. The second-order valence-electron chi connectivity index (χ2n) is 3.87. The largest absolute Gasteiger partial charge is 0.334 e. The van der Waals surface area contributed by atoms with Crippen molar-refractivity contribution in [2.45, 2.75) is 38.6 Å². The van der Waals surface area contributed by atoms with Gasteiger partial charge in [-0.05, 0) is 19.4 Å². The number of hydrogen-bond donors (Lipinski definition) is 1. The molecule has 2 rings (SSSR count). The number of aryl methyl sites for hydroxylation is 1. The molecular weight excluding hydrogens is 162 g/mol. The number of nitrogens with zero attached hydrogens (tertiary/aromatic N) is 2. The summed E-state index contributed by atoms with van der Waals surface area (Å²) < 4.78 is 2.29. The highest BCUT2D eigenvalue weighted by Crippen LogP contribution is 2.25. The molecule has 1 aromatic heterocycles. The van der Waals surface area contributed by atoms with Crippen molar-refractivity contribution < 1.29 is 0 Å². The molecule has 3 nitrogen and oxygen atoms in total. The highest BCUT2D eigenvalue weighted by molar-refractivity contribution is 5.10. The summed E-state index contributed by atoms with van der Waals surface area (Å²) in [5.41, 5.74) is 6.66. The van der Waals surface area contributed by atoms with Gasteiger partial charge in [0.05, 0.1) is 5.69 Å². The third kappa shape index (κ3) is 1.61. The van der Waals surface area contributed by atoms with Gasteiger partial charge < -0.3 is 10.3 Å². The lowest BCUT2D eigenvalue weighted by atomic mass is 10.0. The molecule has 1 aliphatic rings. The van der Waals surface area contributed by atoms with E-state index in [9.17, 15) is 0 Å². The maximum absolute atomic E-state index is 5.50. The van der Waals surface area contributed by atoms with E-state index in [1.165, 1.54) is 18.7 Å². The summed E-state index contributed by atoms with van der Waals surface area (Å²) in [5.74, 6) is 1.88. The first kappa shape index (κ1) is 8.75. The van der Waals surface area contributed by atoms with Crippen LogP contribution in [0.5, 0.6) is 0 Å². The van der Waals surface area contributed by atoms with Gasteiger partial charge in [-0.25, -0.2) is 4.98 Å². The highest BCUT2D eigenvalue weighted by Gasteiger charge is 2.18. The summed E-state index contributed by atoms with van der Waals surface area (Å²) in [6.07, 6.45) is 5.64. The third-order valence-corrected chi connectivity index (χ3v) is 2.73. The van der Waals surface area contributed by atoms with Crippen LogP contribution in [-0.4, -0.2) is 16.1 Å². The van der Waals surface area contributed by atoms with Crippen LogP contribution < -0.4 is 5.73 Å². The minimum atomic E-state index is 0.625. The fourth-order valence-corrected chi connectivity index (χ4v) is 2.02. The molecule has 1 aliphatic heterocycles. The topological polar surface area (TPSA) is 43.8 Å². The highest BCUT2D eigenvalue weighted by atomic mass is 15.1. The number of hydrogen-bond acceptors (Lipinski definition) is 2. The molecule has 0 aromatic carbocycles. The van der Waals surface area contributed by atoms with Gasteiger partial charge in [-0.3, -0.25) is 0 Å². The summed E-state index contributed by atoms with van der Waals surface area (Å²) in [6.45, 7) is 4.09. The van der Waals surface area contributed by atoms with Gasteiger partial charge in [-0.2, -0.15) is 0 Å². The van der Waals surface area contributed by atoms with Gasteiger partial charge >= 0.3 is 0 Å². The van der Waals surface area contributed by atoms with Gasteiger partial charge in [0.15, 0.2) is 0 Å². The second kappa shape index (κ2) is 3.50. The van der Waals surface area contributed by atoms with E-state index in [4.69, 9.17) is 5.73 Å². The van der Waals surface area contributed by atoms with Crippen LogP contribution in [0.15, 0.2) is 6.20 Å². The van der Waals surface area contributed by atoms with E-state index in [2.05, 4.69) is 22.7 Å². The average molecular weight is 179 g/mol. The zero-order chi connectivity index (χ0) is 9.26. The Morgan fingerprint density at radius 3 is 3.23 bits per heavy atom. The Balaban J connectivity index is 2.25. The Morgan fingerprint density at radius 2 is 2.54 bits per heavy atom. The molecule has 0 spiro atoms. The molecule has 1 unspecified atom stereocenters. The van der Waals surface area contributed by atoms with E-state index < -0.39 is 0 Å². The van der Waals surface area contributed by atoms with Crippen LogP contribution in [0.2, 0.25) is 0 Å². The minimum absolute atomic E-state index is 0.625. The summed E-state index contributed by atoms with van der Waals surface area (Å²) in [4.78, 5) is 4.60. The molecule has 2 heterocycles. The predicted molar refractivity (Wildman–Crippen MR) is 52.6 cm³/mol. The van der Waals surface area contributed by atoms with Gasteiger partial charge in [0.25, 0.3) is 0 Å². The molecule has 2 N–H and O–H groups in total. The zero-order valence-electron chi connectivity index (χ0n) is 8.16. The van der Waals surface area contributed by atoms with Crippen molar-refractivity contribution in [1.29, 1.82) is 0 Å². The molecule has 1 aromatic rings. The maximum Gasteiger partial charge on any atom is 0.111 e. The maximum atomic E-state index is 5.50. The summed E-state index contributed by atoms with van der Waals surface area (Å²) in [7, 11) is 0. The Labute approximate surface area is 79.0 Å². The zero-order valence-corrected chi connectivity index (χ0v) is 8.16. The number of rotatable bonds is 2. The van der Waals surface area contributed by atoms with Gasteiger partial charge in [-0.1, -0.05) is 6.92 Å². The molecule has 0 amide bonds. The monoisotopic (exact) mass is 179 g/mol. The van der Waals surface area contributed by atoms with Crippen molar-refractivity contribution in [2.75, 3.05) is 6.54 Å². The number of nitrogens with two attached hydrogens (primary N) is 1. The number of fused-ring (bicyclic) bond motifs is 1. The third-order valence-electron chi connectivity index (χ3n) is 2.73. The molecular formula is C10H17N3. The van der Waals surface area contributed by atoms with E-state index >= 15 is 0 Å². The Morgan fingerprint density at radius 1 is 1.69 bits per heavy atom.